The van der Waals surface area contributed by atoms with E-state index in [1.54, 1.807) is 11.3 Å². The van der Waals surface area contributed by atoms with E-state index in [-0.39, 0.29) is 0 Å². The molecule has 0 spiro atoms. The zero-order valence-corrected chi connectivity index (χ0v) is 14.0. The normalized spacial score (nSPS) is 11.0. The summed E-state index contributed by atoms with van der Waals surface area (Å²) in [5.41, 5.74) is 4.11. The van der Waals surface area contributed by atoms with Gasteiger partial charge in [0.25, 0.3) is 0 Å². The number of thiazole rings is 1. The Bertz CT molecular complexity index is 905. The molecule has 0 atom stereocenters. The summed E-state index contributed by atoms with van der Waals surface area (Å²) >= 11 is 7.14. The van der Waals surface area contributed by atoms with E-state index in [0.717, 1.165) is 26.2 Å². The summed E-state index contributed by atoms with van der Waals surface area (Å²) in [6.45, 7) is 6.40. The summed E-state index contributed by atoms with van der Waals surface area (Å²) in [5.74, 6) is 0.363. The van der Waals surface area contributed by atoms with E-state index in [1.807, 2.05) is 37.3 Å². The molecule has 0 radical (unpaired) electrons. The first-order chi connectivity index (χ1) is 10.6. The number of hydrogen-bond acceptors (Lipinski definition) is 3. The molecule has 3 rings (SSSR count). The number of allylic oxidation sites excluding steroid dienone is 1. The summed E-state index contributed by atoms with van der Waals surface area (Å²) in [6.07, 6.45) is 2.47. The van der Waals surface area contributed by atoms with E-state index in [4.69, 9.17) is 12.2 Å². The summed E-state index contributed by atoms with van der Waals surface area (Å²) in [6, 6.07) is 12.3. The third kappa shape index (κ3) is 2.72. The lowest BCUT2D eigenvalue weighted by Crippen LogP contribution is -2.01. The van der Waals surface area contributed by atoms with Gasteiger partial charge in [0.2, 0.25) is 0 Å². The zero-order chi connectivity index (χ0) is 15.7. The first-order valence-corrected chi connectivity index (χ1v) is 8.33. The van der Waals surface area contributed by atoms with Crippen LogP contribution in [0.1, 0.15) is 16.7 Å². The second-order valence-corrected chi connectivity index (χ2v) is 7.01. The third-order valence-corrected chi connectivity index (χ3v) is 5.15. The number of aryl methyl sites for hydroxylation is 1. The average Bonchev–Trinajstić information content (AvgIpc) is 2.81. The minimum absolute atomic E-state index is 0.363. The van der Waals surface area contributed by atoms with Crippen LogP contribution in [0.3, 0.4) is 0 Å². The predicted octanol–water partition coefficient (Wildman–Crippen LogP) is 5.22. The molecule has 2 nitrogen and oxygen atoms in total. The molecule has 4 heteroatoms. The van der Waals surface area contributed by atoms with Gasteiger partial charge >= 0.3 is 0 Å². The van der Waals surface area contributed by atoms with Crippen LogP contribution in [0.5, 0.6) is 5.75 Å². The highest BCUT2D eigenvalue weighted by molar-refractivity contribution is 7.73. The van der Waals surface area contributed by atoms with Crippen molar-refractivity contribution < 1.29 is 5.11 Å². The quantitative estimate of drug-likeness (QED) is 0.525. The van der Waals surface area contributed by atoms with Gasteiger partial charge in [-0.2, -0.15) is 0 Å². The van der Waals surface area contributed by atoms with Crippen LogP contribution in [0.25, 0.3) is 10.2 Å². The number of phenolic OH excluding ortho intramolecular Hbond substituents is 1. The van der Waals surface area contributed by atoms with E-state index < -0.39 is 0 Å². The molecule has 0 saturated heterocycles. The lowest BCUT2D eigenvalue weighted by Gasteiger charge is -2.11. The second-order valence-electron chi connectivity index (χ2n) is 5.34. The highest BCUT2D eigenvalue weighted by atomic mass is 32.1. The molecule has 112 valence electrons. The van der Waals surface area contributed by atoms with Crippen LogP contribution in [0, 0.1) is 10.9 Å². The van der Waals surface area contributed by atoms with Gasteiger partial charge in [-0.3, -0.25) is 0 Å². The molecular formula is C18H17NOS2. The van der Waals surface area contributed by atoms with E-state index in [9.17, 15) is 5.11 Å². The molecule has 1 aromatic heterocycles. The first kappa shape index (κ1) is 15.0. The molecular weight excluding hydrogens is 310 g/mol. The van der Waals surface area contributed by atoms with Crippen molar-refractivity contribution in [3.05, 3.63) is 69.7 Å². The number of nitrogens with zero attached hydrogens (tertiary/aromatic N) is 1. The largest absolute Gasteiger partial charge is 0.507 e. The Balaban J connectivity index is 2.07. The zero-order valence-electron chi connectivity index (χ0n) is 12.4. The number of benzene rings is 2. The maximum absolute atomic E-state index is 10.1. The highest BCUT2D eigenvalue weighted by Gasteiger charge is 2.09. The van der Waals surface area contributed by atoms with Gasteiger partial charge in [0.05, 0.1) is 10.2 Å². The number of para-hydroxylation sites is 1. The molecule has 2 aromatic carbocycles. The van der Waals surface area contributed by atoms with Crippen LogP contribution in [-0.4, -0.2) is 9.67 Å². The number of phenols is 1. The molecule has 0 amide bonds. The van der Waals surface area contributed by atoms with Crippen molar-refractivity contribution in [2.75, 3.05) is 0 Å². The van der Waals surface area contributed by atoms with Crippen LogP contribution in [0.4, 0.5) is 0 Å². The van der Waals surface area contributed by atoms with Gasteiger partial charge in [-0.25, -0.2) is 0 Å². The second kappa shape index (κ2) is 6.07. The van der Waals surface area contributed by atoms with Gasteiger partial charge in [0.1, 0.15) is 5.75 Å². The van der Waals surface area contributed by atoms with Crippen LogP contribution >= 0.6 is 23.6 Å². The standard InChI is InChI=1S/C18H17NOS2/c1-3-6-14-10-13(9-12(2)17(14)20)11-19-15-7-4-5-8-16(15)22-18(19)21/h3-5,7-10,20H,1,6,11H2,2H3. The molecule has 1 N–H and O–H groups in total. The molecule has 0 fully saturated rings. The Morgan fingerprint density at radius 3 is 2.86 bits per heavy atom. The van der Waals surface area contributed by atoms with Crippen molar-refractivity contribution in [2.45, 2.75) is 19.9 Å². The minimum atomic E-state index is 0.363. The van der Waals surface area contributed by atoms with Crippen molar-refractivity contribution in [3.8, 4) is 5.75 Å². The topological polar surface area (TPSA) is 25.2 Å². The molecule has 1 heterocycles. The van der Waals surface area contributed by atoms with Crippen molar-refractivity contribution in [2.24, 2.45) is 0 Å². The van der Waals surface area contributed by atoms with Crippen molar-refractivity contribution >= 4 is 33.8 Å². The fourth-order valence-corrected chi connectivity index (χ4v) is 4.01. The Labute approximate surface area is 139 Å². The number of rotatable bonds is 4. The number of aromatic nitrogens is 1. The molecule has 0 bridgehead atoms. The van der Waals surface area contributed by atoms with Gasteiger partial charge < -0.3 is 9.67 Å². The number of aromatic hydroxyl groups is 1. The number of fused-ring (bicyclic) bond motifs is 1. The highest BCUT2D eigenvalue weighted by Crippen LogP contribution is 2.28. The molecule has 0 saturated carbocycles. The summed E-state index contributed by atoms with van der Waals surface area (Å²) in [4.78, 5) is 0. The maximum atomic E-state index is 10.1. The Hall–Kier alpha value is -1.91. The van der Waals surface area contributed by atoms with Crippen LogP contribution in [-0.2, 0) is 13.0 Å². The lowest BCUT2D eigenvalue weighted by molar-refractivity contribution is 0.465. The lowest BCUT2D eigenvalue weighted by atomic mass is 10.0. The van der Waals surface area contributed by atoms with Crippen LogP contribution in [0.2, 0.25) is 0 Å². The van der Waals surface area contributed by atoms with Gasteiger partial charge in [-0.15, -0.1) is 17.9 Å². The molecule has 0 unspecified atom stereocenters. The summed E-state index contributed by atoms with van der Waals surface area (Å²) in [5, 5.41) is 10.1. The molecule has 3 aromatic rings. The number of hydrogen-bond donors (Lipinski definition) is 1. The predicted molar refractivity (Wildman–Crippen MR) is 96.5 cm³/mol. The van der Waals surface area contributed by atoms with E-state index in [2.05, 4.69) is 23.3 Å². The Morgan fingerprint density at radius 1 is 1.32 bits per heavy atom. The fraction of sp³-hybridized carbons (Fsp3) is 0.167. The Kier molecular flexibility index (Phi) is 4.14. The fourth-order valence-electron chi connectivity index (χ4n) is 2.68. The van der Waals surface area contributed by atoms with E-state index in [0.29, 0.717) is 18.7 Å². The van der Waals surface area contributed by atoms with Crippen molar-refractivity contribution in [3.63, 3.8) is 0 Å². The minimum Gasteiger partial charge on any atom is -0.507 e. The molecule has 22 heavy (non-hydrogen) atoms. The smallest absolute Gasteiger partial charge is 0.162 e. The molecule has 0 aliphatic rings. The summed E-state index contributed by atoms with van der Waals surface area (Å²) in [7, 11) is 0. The van der Waals surface area contributed by atoms with E-state index in [1.165, 1.54) is 4.70 Å². The molecule has 0 aliphatic heterocycles. The van der Waals surface area contributed by atoms with Crippen LogP contribution < -0.4 is 0 Å². The van der Waals surface area contributed by atoms with Crippen molar-refractivity contribution in [1.29, 1.82) is 0 Å². The monoisotopic (exact) mass is 327 g/mol. The average molecular weight is 327 g/mol. The van der Waals surface area contributed by atoms with E-state index >= 15 is 0 Å². The third-order valence-electron chi connectivity index (χ3n) is 3.72. The first-order valence-electron chi connectivity index (χ1n) is 7.11. The molecule has 0 aliphatic carbocycles. The van der Waals surface area contributed by atoms with Gasteiger partial charge in [0, 0.05) is 6.54 Å². The SMILES string of the molecule is C=CCc1cc(Cn2c(=S)sc3ccccc32)cc(C)c1O. The van der Waals surface area contributed by atoms with Crippen LogP contribution in [0.15, 0.2) is 49.1 Å². The maximum Gasteiger partial charge on any atom is 0.162 e. The van der Waals surface area contributed by atoms with Gasteiger partial charge in [-0.1, -0.05) is 24.3 Å². The Morgan fingerprint density at radius 2 is 2.09 bits per heavy atom. The van der Waals surface area contributed by atoms with Gasteiger partial charge in [0.15, 0.2) is 3.95 Å². The summed E-state index contributed by atoms with van der Waals surface area (Å²) < 4.78 is 4.23. The van der Waals surface area contributed by atoms with Crippen molar-refractivity contribution in [1.82, 2.24) is 4.57 Å². The van der Waals surface area contributed by atoms with Gasteiger partial charge in [-0.05, 0) is 60.5 Å².